The number of nitrogens with zero attached hydrogens (tertiary/aromatic N) is 1. The normalized spacial score (nSPS) is 20.3. The first-order valence-electron chi connectivity index (χ1n) is 7.74. The fourth-order valence-corrected chi connectivity index (χ4v) is 2.73. The van der Waals surface area contributed by atoms with Gasteiger partial charge in [0.1, 0.15) is 5.54 Å². The Morgan fingerprint density at radius 3 is 2.42 bits per heavy atom. The summed E-state index contributed by atoms with van der Waals surface area (Å²) in [6.45, 7) is 10.9. The molecule has 0 aliphatic heterocycles. The Hall–Kier alpha value is -0.610. The van der Waals surface area contributed by atoms with Gasteiger partial charge in [0, 0.05) is 12.6 Å². The molecule has 0 amide bonds. The van der Waals surface area contributed by atoms with Crippen molar-refractivity contribution in [2.45, 2.75) is 65.0 Å². The fraction of sp³-hybridized carbons (Fsp3) is 0.933. The molecule has 0 aromatic carbocycles. The summed E-state index contributed by atoms with van der Waals surface area (Å²) in [6.07, 6.45) is 4.11. The second-order valence-corrected chi connectivity index (χ2v) is 5.80. The highest BCUT2D eigenvalue weighted by Crippen LogP contribution is 2.40. The number of nitrogens with one attached hydrogen (secondary N) is 1. The van der Waals surface area contributed by atoms with Crippen LogP contribution in [0.2, 0.25) is 0 Å². The summed E-state index contributed by atoms with van der Waals surface area (Å²) in [5.41, 5.74) is -0.741. The molecule has 19 heavy (non-hydrogen) atoms. The fourth-order valence-electron chi connectivity index (χ4n) is 2.73. The number of carboxylic acid groups (broad SMARTS) is 1. The van der Waals surface area contributed by atoms with Gasteiger partial charge in [-0.1, -0.05) is 20.8 Å². The minimum atomic E-state index is -0.741. The molecule has 0 spiro atoms. The molecule has 1 fully saturated rings. The number of likely N-dealkylation sites (N-methyl/N-ethyl adjacent to an activating group) is 1. The molecule has 1 rings (SSSR count). The van der Waals surface area contributed by atoms with Crippen molar-refractivity contribution in [3.63, 3.8) is 0 Å². The quantitative estimate of drug-likeness (QED) is 0.640. The van der Waals surface area contributed by atoms with E-state index >= 15 is 0 Å². The predicted molar refractivity (Wildman–Crippen MR) is 78.4 cm³/mol. The summed E-state index contributed by atoms with van der Waals surface area (Å²) in [6, 6.07) is 0.436. The van der Waals surface area contributed by atoms with Gasteiger partial charge in [0.05, 0.1) is 0 Å². The average molecular weight is 270 g/mol. The minimum Gasteiger partial charge on any atom is -0.480 e. The van der Waals surface area contributed by atoms with E-state index in [-0.39, 0.29) is 0 Å². The van der Waals surface area contributed by atoms with Crippen molar-refractivity contribution < 1.29 is 9.90 Å². The van der Waals surface area contributed by atoms with Crippen LogP contribution in [-0.2, 0) is 4.79 Å². The first-order chi connectivity index (χ1) is 9.01. The summed E-state index contributed by atoms with van der Waals surface area (Å²) in [7, 11) is 0. The molecule has 0 bridgehead atoms. The van der Waals surface area contributed by atoms with E-state index in [1.165, 1.54) is 0 Å². The van der Waals surface area contributed by atoms with Gasteiger partial charge in [0.25, 0.3) is 0 Å². The van der Waals surface area contributed by atoms with Crippen molar-refractivity contribution >= 4 is 5.97 Å². The topological polar surface area (TPSA) is 52.6 Å². The Morgan fingerprint density at radius 2 is 2.05 bits per heavy atom. The lowest BCUT2D eigenvalue weighted by Gasteiger charge is -2.38. The van der Waals surface area contributed by atoms with E-state index < -0.39 is 11.5 Å². The zero-order chi connectivity index (χ0) is 14.5. The van der Waals surface area contributed by atoms with Gasteiger partial charge in [-0.2, -0.15) is 0 Å². The largest absolute Gasteiger partial charge is 0.480 e. The first-order valence-corrected chi connectivity index (χ1v) is 7.74. The minimum absolute atomic E-state index is 0.301. The molecule has 0 radical (unpaired) electrons. The zero-order valence-electron chi connectivity index (χ0n) is 12.9. The average Bonchev–Trinajstić information content (AvgIpc) is 3.23. The molecule has 0 heterocycles. The van der Waals surface area contributed by atoms with Crippen LogP contribution in [0.3, 0.4) is 0 Å². The highest BCUT2D eigenvalue weighted by atomic mass is 16.4. The number of carbonyl (C=O) groups is 1. The molecular weight excluding hydrogens is 240 g/mol. The second kappa shape index (κ2) is 7.25. The third kappa shape index (κ3) is 3.93. The number of rotatable bonds is 10. The highest BCUT2D eigenvalue weighted by Gasteiger charge is 2.51. The maximum Gasteiger partial charge on any atom is 0.325 e. The summed E-state index contributed by atoms with van der Waals surface area (Å²) >= 11 is 0. The molecule has 112 valence electrons. The molecule has 2 unspecified atom stereocenters. The van der Waals surface area contributed by atoms with Gasteiger partial charge in [-0.25, -0.2) is 0 Å². The Kier molecular flexibility index (Phi) is 6.27. The van der Waals surface area contributed by atoms with Gasteiger partial charge in [0.15, 0.2) is 0 Å². The molecule has 0 saturated heterocycles. The van der Waals surface area contributed by atoms with Crippen LogP contribution in [0, 0.1) is 5.92 Å². The van der Waals surface area contributed by atoms with E-state index in [1.807, 2.05) is 0 Å². The van der Waals surface area contributed by atoms with Crippen molar-refractivity contribution in [2.75, 3.05) is 19.6 Å². The van der Waals surface area contributed by atoms with Crippen LogP contribution in [0.5, 0.6) is 0 Å². The molecule has 2 N–H and O–H groups in total. The van der Waals surface area contributed by atoms with E-state index in [1.54, 1.807) is 0 Å². The Labute approximate surface area is 117 Å². The van der Waals surface area contributed by atoms with Crippen molar-refractivity contribution in [2.24, 2.45) is 5.92 Å². The number of carboxylic acids is 1. The molecule has 4 nitrogen and oxygen atoms in total. The molecule has 1 saturated carbocycles. The second-order valence-electron chi connectivity index (χ2n) is 5.80. The summed E-state index contributed by atoms with van der Waals surface area (Å²) in [5.74, 6) is -0.375. The van der Waals surface area contributed by atoms with Crippen LogP contribution in [0.25, 0.3) is 0 Å². The van der Waals surface area contributed by atoms with Gasteiger partial charge in [-0.3, -0.25) is 9.69 Å². The summed E-state index contributed by atoms with van der Waals surface area (Å²) < 4.78 is 0. The van der Waals surface area contributed by atoms with Gasteiger partial charge in [-0.15, -0.1) is 0 Å². The predicted octanol–water partition coefficient (Wildman–Crippen LogP) is 2.34. The van der Waals surface area contributed by atoms with E-state index in [4.69, 9.17) is 0 Å². The molecule has 1 aliphatic rings. The number of aliphatic carboxylic acids is 1. The number of hydrogen-bond acceptors (Lipinski definition) is 3. The molecule has 4 heteroatoms. The Balaban J connectivity index is 2.85. The third-order valence-electron chi connectivity index (χ3n) is 4.42. The van der Waals surface area contributed by atoms with Crippen LogP contribution in [0.4, 0.5) is 0 Å². The molecule has 0 aromatic heterocycles. The molecular formula is C15H30N2O2. The van der Waals surface area contributed by atoms with Gasteiger partial charge in [-0.05, 0) is 51.6 Å². The lowest BCUT2D eigenvalue weighted by atomic mass is 9.91. The standard InChI is InChI=1S/C15H30N2O2/c1-5-10-16-15(14(18)19,13-8-9-13)11-17(7-3)12(4)6-2/h12-13,16H,5-11H2,1-4H3,(H,18,19). The van der Waals surface area contributed by atoms with Crippen LogP contribution in [-0.4, -0.2) is 47.2 Å². The van der Waals surface area contributed by atoms with E-state index in [9.17, 15) is 9.90 Å². The third-order valence-corrected chi connectivity index (χ3v) is 4.42. The summed E-state index contributed by atoms with van der Waals surface area (Å²) in [4.78, 5) is 14.2. The van der Waals surface area contributed by atoms with E-state index in [0.29, 0.717) is 18.5 Å². The Morgan fingerprint density at radius 1 is 1.42 bits per heavy atom. The van der Waals surface area contributed by atoms with E-state index in [2.05, 4.69) is 37.9 Å². The van der Waals surface area contributed by atoms with Gasteiger partial charge >= 0.3 is 5.97 Å². The summed E-state index contributed by atoms with van der Waals surface area (Å²) in [5, 5.41) is 13.1. The van der Waals surface area contributed by atoms with Crippen molar-refractivity contribution in [1.82, 2.24) is 10.2 Å². The maximum atomic E-state index is 11.9. The maximum absolute atomic E-state index is 11.9. The van der Waals surface area contributed by atoms with Crippen LogP contribution < -0.4 is 5.32 Å². The lowest BCUT2D eigenvalue weighted by molar-refractivity contribution is -0.147. The van der Waals surface area contributed by atoms with E-state index in [0.717, 1.165) is 38.8 Å². The first kappa shape index (κ1) is 16.4. The van der Waals surface area contributed by atoms with Crippen molar-refractivity contribution in [1.29, 1.82) is 0 Å². The Bertz CT molecular complexity index is 292. The SMILES string of the molecule is CCCNC(CN(CC)C(C)CC)(C(=O)O)C1CC1. The van der Waals surface area contributed by atoms with Crippen LogP contribution in [0.1, 0.15) is 53.4 Å². The molecule has 2 atom stereocenters. The number of hydrogen-bond donors (Lipinski definition) is 2. The van der Waals surface area contributed by atoms with Crippen LogP contribution >= 0.6 is 0 Å². The van der Waals surface area contributed by atoms with Gasteiger partial charge < -0.3 is 10.4 Å². The zero-order valence-corrected chi connectivity index (χ0v) is 12.9. The molecule has 1 aliphatic carbocycles. The van der Waals surface area contributed by atoms with Crippen LogP contribution in [0.15, 0.2) is 0 Å². The van der Waals surface area contributed by atoms with Crippen molar-refractivity contribution in [3.8, 4) is 0 Å². The molecule has 0 aromatic rings. The highest BCUT2D eigenvalue weighted by molar-refractivity contribution is 5.80. The monoisotopic (exact) mass is 270 g/mol. The van der Waals surface area contributed by atoms with Crippen molar-refractivity contribution in [3.05, 3.63) is 0 Å². The lowest BCUT2D eigenvalue weighted by Crippen LogP contribution is -2.62. The van der Waals surface area contributed by atoms with Gasteiger partial charge in [0.2, 0.25) is 0 Å². The smallest absolute Gasteiger partial charge is 0.325 e.